The van der Waals surface area contributed by atoms with Gasteiger partial charge in [0.25, 0.3) is 0 Å². The van der Waals surface area contributed by atoms with Gasteiger partial charge in [-0.05, 0) is 71.3 Å². The second-order valence-corrected chi connectivity index (χ2v) is 20.0. The van der Waals surface area contributed by atoms with Gasteiger partial charge in [0.15, 0.2) is 0 Å². The molecule has 0 nitrogen and oxygen atoms in total. The molecule has 5 aromatic carbocycles. The van der Waals surface area contributed by atoms with Crippen molar-refractivity contribution in [3.63, 3.8) is 0 Å². The standard InChI is InChI=1S/C34H30Si2/c1-35(2)31-20-7-5-14-27(31)29-18-10-16-25(33(29)35)23-12-9-13-24(22-23)26-17-11-19-30-28-15-6-8-21-32(28)36(3,4)34(26)30/h5-22H,1-4H3. The Kier molecular flexibility index (Phi) is 4.55. The molecular weight excluding hydrogens is 465 g/mol. The fourth-order valence-electron chi connectivity index (χ4n) is 7.03. The molecule has 174 valence electrons. The molecule has 0 aliphatic carbocycles. The van der Waals surface area contributed by atoms with E-state index in [0.29, 0.717) is 0 Å². The third-order valence-corrected chi connectivity index (χ3v) is 15.8. The molecule has 2 aliphatic rings. The first-order chi connectivity index (χ1) is 17.4. The zero-order valence-electron chi connectivity index (χ0n) is 21.4. The van der Waals surface area contributed by atoms with Crippen LogP contribution in [0.5, 0.6) is 0 Å². The Morgan fingerprint density at radius 3 is 1.19 bits per heavy atom. The molecule has 0 fully saturated rings. The number of hydrogen-bond donors (Lipinski definition) is 0. The molecule has 0 atom stereocenters. The predicted octanol–water partition coefficient (Wildman–Crippen LogP) is 6.63. The second-order valence-electron chi connectivity index (χ2n) is 11.4. The van der Waals surface area contributed by atoms with Crippen molar-refractivity contribution >= 4 is 36.9 Å². The molecule has 0 saturated carbocycles. The van der Waals surface area contributed by atoms with Crippen LogP contribution in [0.3, 0.4) is 0 Å². The fourth-order valence-corrected chi connectivity index (χ4v) is 14.0. The van der Waals surface area contributed by atoms with Crippen molar-refractivity contribution in [2.75, 3.05) is 0 Å². The lowest BCUT2D eigenvalue weighted by atomic mass is 9.95. The van der Waals surface area contributed by atoms with Crippen LogP contribution >= 0.6 is 0 Å². The van der Waals surface area contributed by atoms with Crippen LogP contribution < -0.4 is 20.7 Å². The lowest BCUT2D eigenvalue weighted by Crippen LogP contribution is -2.50. The second kappa shape index (κ2) is 7.52. The van der Waals surface area contributed by atoms with Gasteiger partial charge >= 0.3 is 0 Å². The molecule has 2 heteroatoms. The van der Waals surface area contributed by atoms with E-state index in [9.17, 15) is 0 Å². The predicted molar refractivity (Wildman–Crippen MR) is 162 cm³/mol. The van der Waals surface area contributed by atoms with Crippen molar-refractivity contribution < 1.29 is 0 Å². The summed E-state index contributed by atoms with van der Waals surface area (Å²) in [4.78, 5) is 0. The van der Waals surface area contributed by atoms with Gasteiger partial charge in [-0.2, -0.15) is 0 Å². The average molecular weight is 495 g/mol. The van der Waals surface area contributed by atoms with Gasteiger partial charge in [0, 0.05) is 0 Å². The highest BCUT2D eigenvalue weighted by Gasteiger charge is 2.40. The minimum Gasteiger partial charge on any atom is -0.0623 e. The third-order valence-electron chi connectivity index (χ3n) is 8.64. The van der Waals surface area contributed by atoms with Crippen LogP contribution in [0.15, 0.2) is 109 Å². The van der Waals surface area contributed by atoms with Gasteiger partial charge in [0.1, 0.15) is 16.1 Å². The first kappa shape index (κ1) is 21.8. The summed E-state index contributed by atoms with van der Waals surface area (Å²) < 4.78 is 0. The molecule has 0 radical (unpaired) electrons. The molecule has 2 heterocycles. The highest BCUT2D eigenvalue weighted by Crippen LogP contribution is 2.36. The third kappa shape index (κ3) is 2.86. The molecular formula is C34H30Si2. The zero-order chi connectivity index (χ0) is 24.7. The molecule has 0 N–H and O–H groups in total. The maximum Gasteiger partial charge on any atom is 0.114 e. The van der Waals surface area contributed by atoms with Crippen LogP contribution in [0.2, 0.25) is 26.2 Å². The van der Waals surface area contributed by atoms with Crippen molar-refractivity contribution in [3.05, 3.63) is 109 Å². The number of hydrogen-bond acceptors (Lipinski definition) is 0. The van der Waals surface area contributed by atoms with Crippen molar-refractivity contribution in [2.24, 2.45) is 0 Å². The van der Waals surface area contributed by atoms with Crippen LogP contribution in [0.4, 0.5) is 0 Å². The summed E-state index contributed by atoms with van der Waals surface area (Å²) in [6.07, 6.45) is 0. The monoisotopic (exact) mass is 494 g/mol. The summed E-state index contributed by atoms with van der Waals surface area (Å²) in [7, 11) is -3.56. The highest BCUT2D eigenvalue weighted by molar-refractivity contribution is 7.05. The lowest BCUT2D eigenvalue weighted by molar-refractivity contribution is 1.61. The van der Waals surface area contributed by atoms with Crippen molar-refractivity contribution in [1.82, 2.24) is 0 Å². The molecule has 0 unspecified atom stereocenters. The summed E-state index contributed by atoms with van der Waals surface area (Å²) in [5.41, 5.74) is 11.3. The van der Waals surface area contributed by atoms with E-state index in [1.807, 2.05) is 0 Å². The largest absolute Gasteiger partial charge is 0.114 e. The highest BCUT2D eigenvalue weighted by atomic mass is 28.3. The maximum absolute atomic E-state index is 2.51. The summed E-state index contributed by atoms with van der Waals surface area (Å²) >= 11 is 0. The normalized spacial score (nSPS) is 15.7. The Balaban J connectivity index is 1.42. The molecule has 0 aromatic heterocycles. The van der Waals surface area contributed by atoms with Crippen LogP contribution in [0, 0.1) is 0 Å². The van der Waals surface area contributed by atoms with Gasteiger partial charge in [0.05, 0.1) is 0 Å². The molecule has 2 aliphatic heterocycles. The Morgan fingerprint density at radius 2 is 0.722 bits per heavy atom. The first-order valence-corrected chi connectivity index (χ1v) is 19.0. The molecule has 7 rings (SSSR count). The zero-order valence-corrected chi connectivity index (χ0v) is 23.4. The fraction of sp³-hybridized carbons (Fsp3) is 0.118. The van der Waals surface area contributed by atoms with Gasteiger partial charge < -0.3 is 0 Å². The molecule has 0 spiro atoms. The molecule has 0 bridgehead atoms. The minimum absolute atomic E-state index is 1.34. The Morgan fingerprint density at radius 1 is 0.361 bits per heavy atom. The Labute approximate surface area is 216 Å². The van der Waals surface area contributed by atoms with Gasteiger partial charge in [-0.25, -0.2) is 0 Å². The van der Waals surface area contributed by atoms with E-state index >= 15 is 0 Å². The Hall–Kier alpha value is -3.47. The van der Waals surface area contributed by atoms with E-state index in [1.165, 1.54) is 44.5 Å². The van der Waals surface area contributed by atoms with Crippen molar-refractivity contribution in [3.8, 4) is 44.5 Å². The number of benzene rings is 5. The number of fused-ring (bicyclic) bond motifs is 6. The van der Waals surface area contributed by atoms with E-state index in [-0.39, 0.29) is 0 Å². The molecule has 0 amide bonds. The van der Waals surface area contributed by atoms with E-state index in [1.54, 1.807) is 20.7 Å². The minimum atomic E-state index is -1.78. The van der Waals surface area contributed by atoms with Crippen molar-refractivity contribution in [2.45, 2.75) is 26.2 Å². The van der Waals surface area contributed by atoms with E-state index in [0.717, 1.165) is 0 Å². The van der Waals surface area contributed by atoms with Crippen LogP contribution in [0.25, 0.3) is 44.5 Å². The summed E-state index contributed by atoms with van der Waals surface area (Å²) in [6, 6.07) is 41.3. The van der Waals surface area contributed by atoms with Gasteiger partial charge in [-0.15, -0.1) is 0 Å². The number of rotatable bonds is 2. The van der Waals surface area contributed by atoms with Crippen LogP contribution in [-0.2, 0) is 0 Å². The van der Waals surface area contributed by atoms with Gasteiger partial charge in [-0.1, -0.05) is 129 Å². The first-order valence-electron chi connectivity index (χ1n) is 13.0. The van der Waals surface area contributed by atoms with Crippen LogP contribution in [-0.4, -0.2) is 16.1 Å². The smallest absolute Gasteiger partial charge is 0.0623 e. The summed E-state index contributed by atoms with van der Waals surface area (Å²) in [5, 5.41) is 6.30. The van der Waals surface area contributed by atoms with Gasteiger partial charge in [0.2, 0.25) is 0 Å². The quantitative estimate of drug-likeness (QED) is 0.242. The van der Waals surface area contributed by atoms with Crippen molar-refractivity contribution in [1.29, 1.82) is 0 Å². The Bertz CT molecular complexity index is 1570. The molecule has 36 heavy (non-hydrogen) atoms. The SMILES string of the molecule is C[Si]1(C)c2ccccc2-c2cccc(-c3cccc(-c4cccc5c4[Si](C)(C)c4ccccc4-5)c3)c21. The maximum atomic E-state index is 2.51. The van der Waals surface area contributed by atoms with E-state index in [4.69, 9.17) is 0 Å². The van der Waals surface area contributed by atoms with Gasteiger partial charge in [-0.3, -0.25) is 0 Å². The van der Waals surface area contributed by atoms with E-state index in [2.05, 4.69) is 135 Å². The van der Waals surface area contributed by atoms with Crippen LogP contribution in [0.1, 0.15) is 0 Å². The lowest BCUT2D eigenvalue weighted by Gasteiger charge is -2.24. The van der Waals surface area contributed by atoms with E-state index < -0.39 is 16.1 Å². The molecule has 5 aromatic rings. The topological polar surface area (TPSA) is 0 Å². The average Bonchev–Trinajstić information content (AvgIpc) is 3.29. The summed E-state index contributed by atoms with van der Waals surface area (Å²) in [5.74, 6) is 0. The summed E-state index contributed by atoms with van der Waals surface area (Å²) in [6.45, 7) is 10.1. The molecule has 0 saturated heterocycles.